The van der Waals surface area contributed by atoms with Gasteiger partial charge in [-0.2, -0.15) is 8.78 Å². The highest BCUT2D eigenvalue weighted by Gasteiger charge is 2.29. The predicted octanol–water partition coefficient (Wildman–Crippen LogP) is 0.138. The first kappa shape index (κ1) is 17.6. The van der Waals surface area contributed by atoms with Crippen LogP contribution in [0.15, 0.2) is 15.9 Å². The van der Waals surface area contributed by atoms with Crippen LogP contribution in [0.3, 0.4) is 0 Å². The second-order valence-corrected chi connectivity index (χ2v) is 7.39. The van der Waals surface area contributed by atoms with Crippen molar-refractivity contribution in [3.05, 3.63) is 12.2 Å². The molecule has 1 rings (SSSR count). The molecular weight excluding hydrogens is 341 g/mol. The number of carbonyl (C=O) groups is 2. The molecule has 2 amide bonds. The minimum atomic E-state index is -5.30. The van der Waals surface area contributed by atoms with E-state index in [-0.39, 0.29) is 13.0 Å². The Balaban J connectivity index is 2.71. The van der Waals surface area contributed by atoms with Gasteiger partial charge in [-0.25, -0.2) is 12.6 Å². The van der Waals surface area contributed by atoms with E-state index in [4.69, 9.17) is 0 Å². The Kier molecular flexibility index (Phi) is 5.47. The summed E-state index contributed by atoms with van der Waals surface area (Å²) in [5.74, 6) is -6.18. The van der Waals surface area contributed by atoms with Gasteiger partial charge in [0.25, 0.3) is 31.8 Å². The van der Waals surface area contributed by atoms with Crippen molar-refractivity contribution in [1.29, 1.82) is 0 Å². The van der Waals surface area contributed by atoms with Crippen molar-refractivity contribution >= 4 is 31.8 Å². The number of nitrogens with zero attached hydrogens (tertiary/aromatic N) is 2. The molecular formula is C8H9F3N2O6S2. The number of hydrogen-bond donors (Lipinski definition) is 0. The number of sulfonamides is 1. The summed E-state index contributed by atoms with van der Waals surface area (Å²) < 4.78 is 74.4. The molecule has 0 saturated carbocycles. The zero-order chi connectivity index (χ0) is 16.3. The first-order chi connectivity index (χ1) is 9.61. The molecule has 13 heteroatoms. The monoisotopic (exact) mass is 350 g/mol. The number of amides is 2. The molecule has 0 fully saturated rings. The van der Waals surface area contributed by atoms with Crippen molar-refractivity contribution in [1.82, 2.24) is 4.90 Å². The van der Waals surface area contributed by atoms with Crippen LogP contribution in [0.25, 0.3) is 0 Å². The molecule has 1 atom stereocenters. The standard InChI is InChI=1S/C8H9F3N2O6S2/c9-8(10)21(18,19-11)12-20(16,17)5-1-4-13-6(14)2-3-7(13)15/h2-3,8H,1,4-5H2. The number of hydrogen-bond acceptors (Lipinski definition) is 6. The predicted molar refractivity (Wildman–Crippen MR) is 63.0 cm³/mol. The van der Waals surface area contributed by atoms with Gasteiger partial charge in [0, 0.05) is 18.7 Å². The Hall–Kier alpha value is -1.47. The van der Waals surface area contributed by atoms with Crippen molar-refractivity contribution < 1.29 is 39.9 Å². The molecule has 0 aromatic carbocycles. The first-order valence-corrected chi connectivity index (χ1v) is 8.34. The largest absolute Gasteiger partial charge is 0.346 e. The summed E-state index contributed by atoms with van der Waals surface area (Å²) in [7, 11) is -9.98. The van der Waals surface area contributed by atoms with E-state index in [0.29, 0.717) is 4.90 Å². The second kappa shape index (κ2) is 6.53. The number of halogens is 3. The first-order valence-electron chi connectivity index (χ1n) is 5.23. The molecule has 1 unspecified atom stereocenters. The fourth-order valence-corrected chi connectivity index (χ4v) is 3.79. The lowest BCUT2D eigenvalue weighted by Gasteiger charge is -2.12. The molecule has 0 aliphatic carbocycles. The molecule has 0 aromatic heterocycles. The van der Waals surface area contributed by atoms with Crippen LogP contribution < -0.4 is 0 Å². The topological polar surface area (TPSA) is 110 Å². The fourth-order valence-electron chi connectivity index (χ4n) is 1.32. The Morgan fingerprint density at radius 3 is 2.14 bits per heavy atom. The van der Waals surface area contributed by atoms with E-state index in [0.717, 1.165) is 12.2 Å². The molecule has 1 heterocycles. The Labute approximate surface area is 117 Å². The Morgan fingerprint density at radius 1 is 1.19 bits per heavy atom. The highest BCUT2D eigenvalue weighted by Crippen LogP contribution is 2.15. The molecule has 0 radical (unpaired) electrons. The molecule has 21 heavy (non-hydrogen) atoms. The van der Waals surface area contributed by atoms with Crippen molar-refractivity contribution in [2.75, 3.05) is 12.3 Å². The van der Waals surface area contributed by atoms with Crippen LogP contribution in [0.2, 0.25) is 0 Å². The van der Waals surface area contributed by atoms with Crippen LogP contribution in [0.4, 0.5) is 13.3 Å². The average Bonchev–Trinajstić information content (AvgIpc) is 2.69. The average molecular weight is 350 g/mol. The molecule has 0 N–H and O–H groups in total. The van der Waals surface area contributed by atoms with E-state index in [1.54, 1.807) is 0 Å². The molecule has 120 valence electrons. The van der Waals surface area contributed by atoms with Gasteiger partial charge in [-0.1, -0.05) is 8.16 Å². The normalized spacial score (nSPS) is 18.4. The smallest absolute Gasteiger partial charge is 0.275 e. The number of carbonyl (C=O) groups excluding carboxylic acids is 2. The second-order valence-electron chi connectivity index (χ2n) is 3.71. The lowest BCUT2D eigenvalue weighted by molar-refractivity contribution is -0.136. The van der Waals surface area contributed by atoms with Crippen molar-refractivity contribution in [3.8, 4) is 0 Å². The molecule has 1 aliphatic rings. The quantitative estimate of drug-likeness (QED) is 0.604. The van der Waals surface area contributed by atoms with Crippen LogP contribution in [-0.2, 0) is 34.0 Å². The van der Waals surface area contributed by atoms with Gasteiger partial charge in [-0.05, 0) is 10.9 Å². The zero-order valence-electron chi connectivity index (χ0n) is 10.1. The van der Waals surface area contributed by atoms with E-state index in [1.807, 2.05) is 0 Å². The van der Waals surface area contributed by atoms with Gasteiger partial charge < -0.3 is 0 Å². The summed E-state index contributed by atoms with van der Waals surface area (Å²) in [6, 6.07) is 0. The van der Waals surface area contributed by atoms with Crippen LogP contribution in [0.1, 0.15) is 6.42 Å². The lowest BCUT2D eigenvalue weighted by Crippen LogP contribution is -2.31. The van der Waals surface area contributed by atoms with Gasteiger partial charge in [0.15, 0.2) is 0 Å². The summed E-state index contributed by atoms with van der Waals surface area (Å²) >= 11 is 0. The minimum absolute atomic E-state index is 0.314. The maximum atomic E-state index is 12.2. The van der Waals surface area contributed by atoms with Gasteiger partial charge >= 0.3 is 5.76 Å². The van der Waals surface area contributed by atoms with E-state index in [1.165, 1.54) is 0 Å². The molecule has 0 bridgehead atoms. The Morgan fingerprint density at radius 2 is 1.71 bits per heavy atom. The van der Waals surface area contributed by atoms with E-state index >= 15 is 0 Å². The van der Waals surface area contributed by atoms with Gasteiger partial charge in [-0.15, -0.1) is 0 Å². The molecule has 0 saturated heterocycles. The fraction of sp³-hybridized carbons (Fsp3) is 0.500. The Bertz CT molecular complexity index is 662. The minimum Gasteiger partial charge on any atom is -0.275 e. The number of imide groups is 1. The zero-order valence-corrected chi connectivity index (χ0v) is 11.8. The molecule has 8 nitrogen and oxygen atoms in total. The summed E-state index contributed by atoms with van der Waals surface area (Å²) in [6.07, 6.45) is 1.60. The van der Waals surface area contributed by atoms with Crippen LogP contribution in [0, 0.1) is 0 Å². The maximum Gasteiger partial charge on any atom is 0.346 e. The summed E-state index contributed by atoms with van der Waals surface area (Å²) in [4.78, 5) is 23.0. The van der Waals surface area contributed by atoms with Gasteiger partial charge in [0.1, 0.15) is 0 Å². The van der Waals surface area contributed by atoms with Crippen molar-refractivity contribution in [2.24, 2.45) is 3.77 Å². The van der Waals surface area contributed by atoms with Gasteiger partial charge in [-0.3, -0.25) is 14.5 Å². The third kappa shape index (κ3) is 4.50. The third-order valence-electron chi connectivity index (χ3n) is 2.22. The highest BCUT2D eigenvalue weighted by molar-refractivity contribution is 8.01. The van der Waals surface area contributed by atoms with Gasteiger partial charge in [0.2, 0.25) is 0 Å². The van der Waals surface area contributed by atoms with E-state index in [2.05, 4.69) is 8.16 Å². The van der Waals surface area contributed by atoms with Crippen LogP contribution >= 0.6 is 0 Å². The van der Waals surface area contributed by atoms with Gasteiger partial charge in [0.05, 0.1) is 5.75 Å². The molecule has 0 spiro atoms. The lowest BCUT2D eigenvalue weighted by atomic mass is 10.4. The summed E-state index contributed by atoms with van der Waals surface area (Å²) in [5, 5.41) is 0. The molecule has 0 aromatic rings. The number of rotatable bonds is 7. The van der Waals surface area contributed by atoms with Crippen molar-refractivity contribution in [2.45, 2.75) is 12.2 Å². The van der Waals surface area contributed by atoms with Crippen molar-refractivity contribution in [3.63, 3.8) is 0 Å². The summed E-state index contributed by atoms with van der Waals surface area (Å²) in [5.41, 5.74) is 0. The highest BCUT2D eigenvalue weighted by atomic mass is 32.3. The molecule has 1 aliphatic heterocycles. The van der Waals surface area contributed by atoms with E-state index in [9.17, 15) is 35.5 Å². The number of alkyl halides is 2. The van der Waals surface area contributed by atoms with E-state index < -0.39 is 43.4 Å². The SMILES string of the molecule is O=C1C=CC(=O)N1CCCS(=O)(=O)N=S(=O)(OF)C(F)F. The summed E-state index contributed by atoms with van der Waals surface area (Å²) in [6.45, 7) is -0.314. The van der Waals surface area contributed by atoms with Crippen LogP contribution in [-0.4, -0.2) is 47.4 Å². The van der Waals surface area contributed by atoms with Crippen LogP contribution in [0.5, 0.6) is 0 Å². The maximum absolute atomic E-state index is 12.2. The third-order valence-corrected chi connectivity index (χ3v) is 5.39.